The second-order valence-corrected chi connectivity index (χ2v) is 9.16. The van der Waals surface area contributed by atoms with E-state index < -0.39 is 10.0 Å². The molecule has 0 spiro atoms. The maximum atomic E-state index is 12.4. The highest BCUT2D eigenvalue weighted by Crippen LogP contribution is 2.21. The Hall–Kier alpha value is -2.51. The molecule has 0 bridgehead atoms. The minimum absolute atomic E-state index is 0.00702. The van der Waals surface area contributed by atoms with Crippen LogP contribution in [0.3, 0.4) is 0 Å². The van der Waals surface area contributed by atoms with Crippen molar-refractivity contribution in [3.05, 3.63) is 65.7 Å². The highest BCUT2D eigenvalue weighted by molar-refractivity contribution is 7.89. The van der Waals surface area contributed by atoms with Crippen LogP contribution in [-0.2, 0) is 14.8 Å². The fourth-order valence-corrected chi connectivity index (χ4v) is 4.04. The molecule has 156 valence electrons. The van der Waals surface area contributed by atoms with E-state index in [1.165, 1.54) is 25.1 Å². The van der Waals surface area contributed by atoms with Gasteiger partial charge >= 0.3 is 0 Å². The minimum atomic E-state index is -3.79. The number of amides is 1. The van der Waals surface area contributed by atoms with Crippen LogP contribution < -0.4 is 10.0 Å². The van der Waals surface area contributed by atoms with Gasteiger partial charge in [-0.05, 0) is 37.0 Å². The fraction of sp³-hybridized carbons (Fsp3) is 0.364. The van der Waals surface area contributed by atoms with Crippen molar-refractivity contribution in [1.82, 2.24) is 10.0 Å². The van der Waals surface area contributed by atoms with Crippen LogP contribution in [-0.4, -0.2) is 26.7 Å². The van der Waals surface area contributed by atoms with Crippen molar-refractivity contribution in [2.75, 3.05) is 6.54 Å². The molecule has 0 aliphatic rings. The van der Waals surface area contributed by atoms with Gasteiger partial charge in [0.25, 0.3) is 0 Å². The van der Waals surface area contributed by atoms with Crippen molar-refractivity contribution in [2.24, 2.45) is 5.92 Å². The van der Waals surface area contributed by atoms with E-state index in [1.807, 2.05) is 30.3 Å². The number of carbonyl (C=O) groups is 2. The molecule has 6 nitrogen and oxygen atoms in total. The normalized spacial score (nSPS) is 12.6. The molecule has 1 amide bonds. The zero-order valence-electron chi connectivity index (χ0n) is 17.0. The Morgan fingerprint density at radius 2 is 1.69 bits per heavy atom. The van der Waals surface area contributed by atoms with Crippen LogP contribution in [0.25, 0.3) is 0 Å². The second-order valence-electron chi connectivity index (χ2n) is 7.39. The molecule has 0 heterocycles. The quantitative estimate of drug-likeness (QED) is 0.580. The molecule has 2 N–H and O–H groups in total. The van der Waals surface area contributed by atoms with Gasteiger partial charge in [0, 0.05) is 18.5 Å². The van der Waals surface area contributed by atoms with Gasteiger partial charge in [0.2, 0.25) is 15.9 Å². The van der Waals surface area contributed by atoms with Crippen LogP contribution in [0.2, 0.25) is 0 Å². The number of carbonyl (C=O) groups excluding carboxylic acids is 2. The van der Waals surface area contributed by atoms with E-state index in [2.05, 4.69) is 23.9 Å². The second kappa shape index (κ2) is 10.3. The fourth-order valence-electron chi connectivity index (χ4n) is 2.97. The van der Waals surface area contributed by atoms with Gasteiger partial charge in [0.15, 0.2) is 5.78 Å². The average Bonchev–Trinajstić information content (AvgIpc) is 2.67. The minimum Gasteiger partial charge on any atom is -0.349 e. The van der Waals surface area contributed by atoms with Gasteiger partial charge in [-0.1, -0.05) is 56.3 Å². The first kappa shape index (κ1) is 22.8. The molecule has 7 heteroatoms. The van der Waals surface area contributed by atoms with Gasteiger partial charge in [-0.15, -0.1) is 0 Å². The Morgan fingerprint density at radius 3 is 2.31 bits per heavy atom. The molecule has 0 aliphatic carbocycles. The van der Waals surface area contributed by atoms with Crippen LogP contribution >= 0.6 is 0 Å². The summed E-state index contributed by atoms with van der Waals surface area (Å²) in [6, 6.07) is 15.4. The van der Waals surface area contributed by atoms with Crippen molar-refractivity contribution >= 4 is 21.7 Å². The maximum absolute atomic E-state index is 12.4. The summed E-state index contributed by atoms with van der Waals surface area (Å²) in [4.78, 5) is 23.8. The van der Waals surface area contributed by atoms with Crippen molar-refractivity contribution in [3.63, 3.8) is 0 Å². The Balaban J connectivity index is 1.95. The van der Waals surface area contributed by atoms with Crippen molar-refractivity contribution in [1.29, 1.82) is 0 Å². The molecule has 0 saturated heterocycles. The van der Waals surface area contributed by atoms with Gasteiger partial charge in [-0.2, -0.15) is 0 Å². The number of hydrogen-bond acceptors (Lipinski definition) is 4. The predicted molar refractivity (Wildman–Crippen MR) is 113 cm³/mol. The summed E-state index contributed by atoms with van der Waals surface area (Å²) >= 11 is 0. The summed E-state index contributed by atoms with van der Waals surface area (Å²) in [5.41, 5.74) is 1.35. The van der Waals surface area contributed by atoms with Crippen LogP contribution in [0.5, 0.6) is 0 Å². The van der Waals surface area contributed by atoms with Crippen molar-refractivity contribution < 1.29 is 18.0 Å². The highest BCUT2D eigenvalue weighted by Gasteiger charge is 2.18. The van der Waals surface area contributed by atoms with Crippen molar-refractivity contribution in [3.8, 4) is 0 Å². The molecular formula is C22H28N2O4S. The van der Waals surface area contributed by atoms with Gasteiger partial charge in [-0.3, -0.25) is 9.59 Å². The topological polar surface area (TPSA) is 92.3 Å². The Labute approximate surface area is 172 Å². The number of sulfonamides is 1. The van der Waals surface area contributed by atoms with E-state index in [0.29, 0.717) is 11.5 Å². The molecule has 0 saturated carbocycles. The first-order valence-corrected chi connectivity index (χ1v) is 11.1. The number of Topliss-reactive ketones (excluding diaryl/α,β-unsaturated/α-hetero) is 1. The van der Waals surface area contributed by atoms with E-state index >= 15 is 0 Å². The number of rotatable bonds is 10. The summed E-state index contributed by atoms with van der Waals surface area (Å²) in [5, 5.41) is 3.00. The molecule has 2 rings (SSSR count). The molecule has 2 aromatic carbocycles. The lowest BCUT2D eigenvalue weighted by molar-refractivity contribution is -0.121. The van der Waals surface area contributed by atoms with E-state index in [4.69, 9.17) is 0 Å². The monoisotopic (exact) mass is 416 g/mol. The SMILES string of the molecule is CC(=O)c1cccc(S(=O)(=O)NCCC(=O)NC(CC(C)C)c2ccccc2)c1. The number of hydrogen-bond donors (Lipinski definition) is 2. The average molecular weight is 417 g/mol. The van der Waals surface area contributed by atoms with Crippen molar-refractivity contribution in [2.45, 2.75) is 44.6 Å². The number of benzene rings is 2. The largest absolute Gasteiger partial charge is 0.349 e. The summed E-state index contributed by atoms with van der Waals surface area (Å²) in [7, 11) is -3.79. The molecule has 2 aromatic rings. The molecule has 29 heavy (non-hydrogen) atoms. The molecule has 0 aliphatic heterocycles. The van der Waals surface area contributed by atoms with Crippen LogP contribution in [0.1, 0.15) is 55.6 Å². The molecule has 1 atom stereocenters. The van der Waals surface area contributed by atoms with E-state index in [9.17, 15) is 18.0 Å². The third-order valence-electron chi connectivity index (χ3n) is 4.44. The summed E-state index contributed by atoms with van der Waals surface area (Å²) in [6.45, 7) is 5.53. The van der Waals surface area contributed by atoms with E-state index in [-0.39, 0.29) is 35.6 Å². The van der Waals surface area contributed by atoms with Gasteiger partial charge < -0.3 is 5.32 Å². The predicted octanol–water partition coefficient (Wildman–Crippen LogP) is 3.46. The zero-order valence-corrected chi connectivity index (χ0v) is 17.8. The molecule has 0 fully saturated rings. The van der Waals surface area contributed by atoms with E-state index in [0.717, 1.165) is 12.0 Å². The first-order chi connectivity index (χ1) is 13.7. The molecule has 1 unspecified atom stereocenters. The number of nitrogens with one attached hydrogen (secondary N) is 2. The van der Waals surface area contributed by atoms with Crippen LogP contribution in [0, 0.1) is 5.92 Å². The van der Waals surface area contributed by atoms with Crippen LogP contribution in [0.15, 0.2) is 59.5 Å². The smallest absolute Gasteiger partial charge is 0.240 e. The first-order valence-electron chi connectivity index (χ1n) is 9.64. The van der Waals surface area contributed by atoms with Gasteiger partial charge in [-0.25, -0.2) is 13.1 Å². The lowest BCUT2D eigenvalue weighted by atomic mass is 9.97. The Kier molecular flexibility index (Phi) is 8.10. The van der Waals surface area contributed by atoms with Crippen LogP contribution in [0.4, 0.5) is 0 Å². The highest BCUT2D eigenvalue weighted by atomic mass is 32.2. The Bertz CT molecular complexity index is 940. The number of ketones is 1. The van der Waals surface area contributed by atoms with Gasteiger partial charge in [0.1, 0.15) is 0 Å². The van der Waals surface area contributed by atoms with E-state index in [1.54, 1.807) is 6.07 Å². The molecule has 0 aromatic heterocycles. The lowest BCUT2D eigenvalue weighted by Gasteiger charge is -2.21. The maximum Gasteiger partial charge on any atom is 0.240 e. The summed E-state index contributed by atoms with van der Waals surface area (Å²) in [5.74, 6) is -0.0363. The van der Waals surface area contributed by atoms with Gasteiger partial charge in [0.05, 0.1) is 10.9 Å². The third kappa shape index (κ3) is 7.11. The molecular weight excluding hydrogens is 388 g/mol. The standard InChI is InChI=1S/C22H28N2O4S/c1-16(2)14-21(18-8-5-4-6-9-18)24-22(26)12-13-23-29(27,28)20-11-7-10-19(15-20)17(3)25/h4-11,15-16,21,23H,12-14H2,1-3H3,(H,24,26). The zero-order chi connectivity index (χ0) is 21.4. The summed E-state index contributed by atoms with van der Waals surface area (Å²) < 4.78 is 27.3. The molecule has 0 radical (unpaired) electrons. The third-order valence-corrected chi connectivity index (χ3v) is 5.90. The summed E-state index contributed by atoms with van der Waals surface area (Å²) in [6.07, 6.45) is 0.812. The Morgan fingerprint density at radius 1 is 1.00 bits per heavy atom. The lowest BCUT2D eigenvalue weighted by Crippen LogP contribution is -2.33.